The van der Waals surface area contributed by atoms with Crippen LogP contribution in [0.4, 0.5) is 9.80 Å². The van der Waals surface area contributed by atoms with Crippen molar-refractivity contribution in [3.63, 3.8) is 0 Å². The van der Waals surface area contributed by atoms with Gasteiger partial charge in [0.15, 0.2) is 5.15 Å². The maximum Gasteiger partial charge on any atom is 0.410 e. The molecule has 2 fully saturated rings. The van der Waals surface area contributed by atoms with Crippen molar-refractivity contribution in [3.05, 3.63) is 16.8 Å². The molecule has 0 bridgehead atoms. The average Bonchev–Trinajstić information content (AvgIpc) is 2.71. The molecule has 6 nitrogen and oxygen atoms in total. The first kappa shape index (κ1) is 16.8. The lowest BCUT2D eigenvalue weighted by Crippen LogP contribution is -2.73. The number of carbonyl (C=O) groups is 1. The highest BCUT2D eigenvalue weighted by Crippen LogP contribution is 2.47. The molecule has 1 amide bonds. The molecule has 0 aliphatic carbocycles. The Bertz CT molecular complexity index is 846. The summed E-state index contributed by atoms with van der Waals surface area (Å²) in [7, 11) is 0. The van der Waals surface area contributed by atoms with Crippen LogP contribution in [0.1, 0.15) is 26.3 Å². The molecule has 0 saturated carbocycles. The maximum atomic E-state index is 12.1. The summed E-state index contributed by atoms with van der Waals surface area (Å²) in [5.74, 6) is 0. The van der Waals surface area contributed by atoms with E-state index in [-0.39, 0.29) is 11.5 Å². The number of fused-ring (bicyclic) bond motifs is 1. The summed E-state index contributed by atoms with van der Waals surface area (Å²) in [4.78, 5) is 17.2. The van der Waals surface area contributed by atoms with Crippen LogP contribution >= 0.6 is 22.9 Å². The Labute approximate surface area is 155 Å². The van der Waals surface area contributed by atoms with Crippen LogP contribution in [0, 0.1) is 12.3 Å². The van der Waals surface area contributed by atoms with Crippen LogP contribution in [0.3, 0.4) is 0 Å². The Morgan fingerprint density at radius 1 is 1.28 bits per heavy atom. The molecule has 8 heteroatoms. The lowest BCUT2D eigenvalue weighted by Gasteiger charge is -2.60. The second-order valence-electron chi connectivity index (χ2n) is 8.11. The first-order chi connectivity index (χ1) is 11.7. The number of likely N-dealkylation sites (tertiary alicyclic amines) is 1. The van der Waals surface area contributed by atoms with Gasteiger partial charge in [-0.05, 0) is 39.3 Å². The van der Waals surface area contributed by atoms with Gasteiger partial charge in [-0.3, -0.25) is 0 Å². The van der Waals surface area contributed by atoms with Crippen LogP contribution in [-0.4, -0.2) is 53.0 Å². The normalized spacial score (nSPS) is 19.1. The number of thiophene rings is 1. The number of aryl methyl sites for hydroxylation is 1. The van der Waals surface area contributed by atoms with Gasteiger partial charge in [-0.2, -0.15) is 0 Å². The Balaban J connectivity index is 1.40. The largest absolute Gasteiger partial charge is 0.444 e. The van der Waals surface area contributed by atoms with Crippen LogP contribution in [0.5, 0.6) is 0 Å². The van der Waals surface area contributed by atoms with Crippen molar-refractivity contribution in [1.82, 2.24) is 15.1 Å². The van der Waals surface area contributed by atoms with Crippen LogP contribution in [-0.2, 0) is 4.74 Å². The monoisotopic (exact) mass is 380 g/mol. The van der Waals surface area contributed by atoms with E-state index >= 15 is 0 Å². The van der Waals surface area contributed by atoms with Crippen LogP contribution < -0.4 is 4.90 Å². The zero-order valence-corrected chi connectivity index (χ0v) is 16.4. The average molecular weight is 381 g/mol. The number of amides is 1. The molecule has 0 N–H and O–H groups in total. The first-order valence-electron chi connectivity index (χ1n) is 8.31. The fraction of sp³-hybridized carbons (Fsp3) is 0.588. The SMILES string of the molecule is Cc1c(N2CC3(CN(C(=O)OC(C)(C)C)C3)C2)sc2nnc(Cl)cc12. The van der Waals surface area contributed by atoms with E-state index in [0.29, 0.717) is 5.15 Å². The van der Waals surface area contributed by atoms with Crippen molar-refractivity contribution in [2.24, 2.45) is 5.41 Å². The van der Waals surface area contributed by atoms with E-state index < -0.39 is 5.60 Å². The van der Waals surface area contributed by atoms with Gasteiger partial charge in [0.05, 0.1) is 5.00 Å². The van der Waals surface area contributed by atoms with Gasteiger partial charge in [-0.1, -0.05) is 22.9 Å². The highest BCUT2D eigenvalue weighted by Gasteiger charge is 2.54. The maximum absolute atomic E-state index is 12.1. The van der Waals surface area contributed by atoms with Gasteiger partial charge < -0.3 is 14.5 Å². The third-order valence-corrected chi connectivity index (χ3v) is 6.13. The van der Waals surface area contributed by atoms with Gasteiger partial charge >= 0.3 is 6.09 Å². The quantitative estimate of drug-likeness (QED) is 0.754. The minimum absolute atomic E-state index is 0.209. The molecule has 1 spiro atoms. The number of nitrogens with zero attached hydrogens (tertiary/aromatic N) is 4. The first-order valence-corrected chi connectivity index (χ1v) is 9.50. The van der Waals surface area contributed by atoms with Gasteiger partial charge in [0.1, 0.15) is 10.4 Å². The molecular weight excluding hydrogens is 360 g/mol. The van der Waals surface area contributed by atoms with Crippen LogP contribution in [0.2, 0.25) is 5.15 Å². The van der Waals surface area contributed by atoms with Crippen LogP contribution in [0.15, 0.2) is 6.07 Å². The highest BCUT2D eigenvalue weighted by atomic mass is 35.5. The minimum Gasteiger partial charge on any atom is -0.444 e. The third kappa shape index (κ3) is 2.93. The number of rotatable bonds is 1. The number of carbonyl (C=O) groups excluding carboxylic acids is 1. The van der Waals surface area contributed by atoms with Gasteiger partial charge in [-0.25, -0.2) is 4.79 Å². The summed E-state index contributed by atoms with van der Waals surface area (Å²) < 4.78 is 5.43. The Hall–Kier alpha value is -1.60. The van der Waals surface area contributed by atoms with E-state index in [1.54, 1.807) is 16.2 Å². The third-order valence-electron chi connectivity index (χ3n) is 4.69. The van der Waals surface area contributed by atoms with Crippen molar-refractivity contribution in [3.8, 4) is 0 Å². The van der Waals surface area contributed by atoms with Crippen molar-refractivity contribution in [2.45, 2.75) is 33.3 Å². The van der Waals surface area contributed by atoms with Gasteiger partial charge in [0.25, 0.3) is 0 Å². The predicted molar refractivity (Wildman–Crippen MR) is 99.6 cm³/mol. The molecule has 2 aliphatic heterocycles. The molecule has 2 aromatic rings. The minimum atomic E-state index is -0.442. The highest BCUT2D eigenvalue weighted by molar-refractivity contribution is 7.22. The van der Waals surface area contributed by atoms with E-state index in [9.17, 15) is 4.79 Å². The predicted octanol–water partition coefficient (Wildman–Crippen LogP) is 3.71. The van der Waals surface area contributed by atoms with E-state index in [1.165, 1.54) is 10.6 Å². The summed E-state index contributed by atoms with van der Waals surface area (Å²) in [5, 5.41) is 10.8. The molecule has 134 valence electrons. The smallest absolute Gasteiger partial charge is 0.410 e. The van der Waals surface area contributed by atoms with E-state index in [0.717, 1.165) is 36.4 Å². The number of hydrogen-bond donors (Lipinski definition) is 0. The summed E-state index contributed by atoms with van der Waals surface area (Å²) in [6.07, 6.45) is -0.209. The van der Waals surface area contributed by atoms with Crippen molar-refractivity contribution in [2.75, 3.05) is 31.1 Å². The number of hydrogen-bond acceptors (Lipinski definition) is 6. The summed E-state index contributed by atoms with van der Waals surface area (Å²) in [6.45, 7) is 11.2. The fourth-order valence-corrected chi connectivity index (χ4v) is 4.87. The summed E-state index contributed by atoms with van der Waals surface area (Å²) >= 11 is 7.62. The molecule has 2 aliphatic rings. The van der Waals surface area contributed by atoms with Gasteiger partial charge in [-0.15, -0.1) is 10.2 Å². The topological polar surface area (TPSA) is 58.6 Å². The Morgan fingerprint density at radius 3 is 2.60 bits per heavy atom. The van der Waals surface area contributed by atoms with Gasteiger partial charge in [0, 0.05) is 37.0 Å². The number of aromatic nitrogens is 2. The standard InChI is InChI=1S/C17H21ClN4O2S/c1-10-11-5-12(18)19-20-13(11)25-14(10)21-6-17(7-21)8-22(9-17)15(23)24-16(2,3)4/h5H,6-9H2,1-4H3. The molecule has 25 heavy (non-hydrogen) atoms. The Kier molecular flexibility index (Phi) is 3.67. The second kappa shape index (κ2) is 5.45. The van der Waals surface area contributed by atoms with E-state index in [4.69, 9.17) is 16.3 Å². The Morgan fingerprint density at radius 2 is 1.96 bits per heavy atom. The number of ether oxygens (including phenoxy) is 1. The zero-order chi connectivity index (χ0) is 18.0. The molecule has 0 atom stereocenters. The van der Waals surface area contributed by atoms with Crippen LogP contribution in [0.25, 0.3) is 10.2 Å². The molecule has 0 unspecified atom stereocenters. The molecule has 2 aromatic heterocycles. The molecular formula is C17H21ClN4O2S. The van der Waals surface area contributed by atoms with Crippen molar-refractivity contribution >= 4 is 44.2 Å². The lowest BCUT2D eigenvalue weighted by atomic mass is 9.73. The van der Waals surface area contributed by atoms with Crippen molar-refractivity contribution < 1.29 is 9.53 Å². The lowest BCUT2D eigenvalue weighted by molar-refractivity contribution is -0.0451. The fourth-order valence-electron chi connectivity index (χ4n) is 3.61. The second-order valence-corrected chi connectivity index (χ2v) is 9.48. The number of halogens is 1. The molecule has 4 heterocycles. The summed E-state index contributed by atoms with van der Waals surface area (Å²) in [5.41, 5.74) is 0.972. The molecule has 4 rings (SSSR count). The molecule has 0 radical (unpaired) electrons. The molecule has 2 saturated heterocycles. The van der Waals surface area contributed by atoms with E-state index in [1.807, 2.05) is 26.8 Å². The number of anilines is 1. The summed E-state index contributed by atoms with van der Waals surface area (Å²) in [6, 6.07) is 1.88. The van der Waals surface area contributed by atoms with E-state index in [2.05, 4.69) is 22.0 Å². The zero-order valence-electron chi connectivity index (χ0n) is 14.8. The van der Waals surface area contributed by atoms with Gasteiger partial charge in [0.2, 0.25) is 0 Å². The van der Waals surface area contributed by atoms with Crippen molar-refractivity contribution in [1.29, 1.82) is 0 Å². The molecule has 0 aromatic carbocycles.